The maximum atomic E-state index is 13.0. The fourth-order valence-corrected chi connectivity index (χ4v) is 5.31. The van der Waals surface area contributed by atoms with Crippen molar-refractivity contribution in [3.05, 3.63) is 60.9 Å². The first kappa shape index (κ1) is 26.1. The fraction of sp³-hybridized carbons (Fsp3) is 0.276. The van der Waals surface area contributed by atoms with Gasteiger partial charge in [0.15, 0.2) is 17.1 Å². The number of anilines is 3. The number of carbonyl (C=O) groups excluding carboxylic acids is 2. The van der Waals surface area contributed by atoms with Crippen LogP contribution in [0.5, 0.6) is 11.5 Å². The van der Waals surface area contributed by atoms with Gasteiger partial charge in [-0.1, -0.05) is 6.58 Å². The molecule has 1 atom stereocenters. The largest absolute Gasteiger partial charge is 0.453 e. The number of benzene rings is 2. The zero-order valence-electron chi connectivity index (χ0n) is 22.8. The highest BCUT2D eigenvalue weighted by atomic mass is 16.7. The first-order valence-electron chi connectivity index (χ1n) is 13.3. The zero-order valence-corrected chi connectivity index (χ0v) is 22.8. The number of nitrogen functional groups attached to an aromatic ring is 1. The Labute approximate surface area is 236 Å². The Kier molecular flexibility index (Phi) is 6.66. The van der Waals surface area contributed by atoms with Gasteiger partial charge in [0.05, 0.1) is 17.1 Å². The maximum absolute atomic E-state index is 13.0. The summed E-state index contributed by atoms with van der Waals surface area (Å²) < 4.78 is 13.5. The Balaban J connectivity index is 1.37. The highest BCUT2D eigenvalue weighted by molar-refractivity contribution is 6.06. The molecule has 210 valence electrons. The van der Waals surface area contributed by atoms with Crippen LogP contribution in [0, 0.1) is 0 Å². The van der Waals surface area contributed by atoms with E-state index in [4.69, 9.17) is 20.3 Å². The van der Waals surface area contributed by atoms with E-state index in [1.54, 1.807) is 23.1 Å². The van der Waals surface area contributed by atoms with E-state index in [0.717, 1.165) is 18.5 Å². The van der Waals surface area contributed by atoms with Crippen molar-refractivity contribution in [3.63, 3.8) is 0 Å². The first-order chi connectivity index (χ1) is 19.9. The molecule has 2 aliphatic rings. The van der Waals surface area contributed by atoms with Gasteiger partial charge in [0.1, 0.15) is 17.8 Å². The van der Waals surface area contributed by atoms with E-state index in [2.05, 4.69) is 21.9 Å². The molecular formula is C29H30N8O4. The first-order valence-corrected chi connectivity index (χ1v) is 13.3. The molecule has 4 aromatic rings. The van der Waals surface area contributed by atoms with E-state index in [1.807, 2.05) is 41.9 Å². The molecule has 4 heterocycles. The smallest absolute Gasteiger partial charge is 0.255 e. The summed E-state index contributed by atoms with van der Waals surface area (Å²) in [5.74, 6) is 0.725. The van der Waals surface area contributed by atoms with E-state index in [0.29, 0.717) is 58.1 Å². The summed E-state index contributed by atoms with van der Waals surface area (Å²) in [5, 5.41) is 8.46. The van der Waals surface area contributed by atoms with Crippen molar-refractivity contribution < 1.29 is 19.1 Å². The minimum absolute atomic E-state index is 0.0153. The molecule has 41 heavy (non-hydrogen) atoms. The van der Waals surface area contributed by atoms with Crippen LogP contribution >= 0.6 is 0 Å². The molecule has 0 bridgehead atoms. The predicted molar refractivity (Wildman–Crippen MR) is 155 cm³/mol. The Morgan fingerprint density at radius 1 is 1.12 bits per heavy atom. The number of hydrogen-bond donors (Lipinski definition) is 2. The number of ether oxygens (including phenoxy) is 2. The zero-order chi connectivity index (χ0) is 28.7. The number of amides is 2. The molecule has 2 aromatic carbocycles. The van der Waals surface area contributed by atoms with Crippen LogP contribution in [0.25, 0.3) is 22.3 Å². The number of carbonyl (C=O) groups is 2. The highest BCUT2D eigenvalue weighted by Crippen LogP contribution is 2.48. The fourth-order valence-electron chi connectivity index (χ4n) is 5.31. The number of likely N-dealkylation sites (tertiary alicyclic amines) is 1. The summed E-state index contributed by atoms with van der Waals surface area (Å²) in [6.45, 7) is 4.74. The molecule has 3 N–H and O–H groups in total. The lowest BCUT2D eigenvalue weighted by Gasteiger charge is -2.32. The van der Waals surface area contributed by atoms with Crippen LogP contribution in [0.1, 0.15) is 29.2 Å². The lowest BCUT2D eigenvalue weighted by Crippen LogP contribution is -2.40. The van der Waals surface area contributed by atoms with E-state index >= 15 is 0 Å². The standard InChI is InChI=1S/C29H30N8O4/c1-4-22(38)36-13-5-6-19(14-36)37-28-23(27(30)31-15-32-28)24(34-37)20-11-12-21(26-25(20)40-16-41-26)33-29(39)17-7-9-18(10-8-17)35(2)3/h4,7-12,15,19H,1,5-6,13-14,16H2,2-3H3,(H,33,39)(H2,30,31,32)/t19-/m1/s1. The molecule has 0 spiro atoms. The van der Waals surface area contributed by atoms with Crippen LogP contribution in [-0.4, -0.2) is 70.4 Å². The summed E-state index contributed by atoms with van der Waals surface area (Å²) in [6.07, 6.45) is 4.37. The second-order valence-corrected chi connectivity index (χ2v) is 10.2. The SMILES string of the molecule is C=CC(=O)N1CCC[C@@H](n2nc(-c3ccc(NC(=O)c4ccc(N(C)C)cc4)c4c3OCO4)c3c(N)ncnc32)C1. The summed E-state index contributed by atoms with van der Waals surface area (Å²) in [7, 11) is 3.88. The minimum atomic E-state index is -0.274. The Bertz CT molecular complexity index is 1660. The van der Waals surface area contributed by atoms with Gasteiger partial charge in [-0.15, -0.1) is 0 Å². The molecule has 0 unspecified atom stereocenters. The third kappa shape index (κ3) is 4.66. The predicted octanol–water partition coefficient (Wildman–Crippen LogP) is 3.47. The van der Waals surface area contributed by atoms with Crippen molar-refractivity contribution in [2.24, 2.45) is 0 Å². The number of nitrogens with zero attached hydrogens (tertiary/aromatic N) is 6. The minimum Gasteiger partial charge on any atom is -0.453 e. The number of hydrogen-bond acceptors (Lipinski definition) is 9. The average molecular weight is 555 g/mol. The number of aromatic nitrogens is 4. The van der Waals surface area contributed by atoms with Gasteiger partial charge in [-0.2, -0.15) is 5.10 Å². The van der Waals surface area contributed by atoms with E-state index in [-0.39, 0.29) is 30.5 Å². The van der Waals surface area contributed by atoms with Crippen LogP contribution in [0.15, 0.2) is 55.4 Å². The molecular weight excluding hydrogens is 524 g/mol. The van der Waals surface area contributed by atoms with Crippen molar-refractivity contribution in [2.45, 2.75) is 18.9 Å². The van der Waals surface area contributed by atoms with E-state index < -0.39 is 0 Å². The molecule has 0 radical (unpaired) electrons. The number of nitrogens with two attached hydrogens (primary N) is 1. The van der Waals surface area contributed by atoms with Gasteiger partial charge in [0, 0.05) is 44.0 Å². The van der Waals surface area contributed by atoms with Crippen LogP contribution in [0.4, 0.5) is 17.2 Å². The topological polar surface area (TPSA) is 141 Å². The summed E-state index contributed by atoms with van der Waals surface area (Å²) >= 11 is 0. The molecule has 2 amide bonds. The van der Waals surface area contributed by atoms with Gasteiger partial charge in [-0.3, -0.25) is 9.59 Å². The number of fused-ring (bicyclic) bond motifs is 2. The molecule has 6 rings (SSSR count). The monoisotopic (exact) mass is 554 g/mol. The molecule has 2 aliphatic heterocycles. The summed E-state index contributed by atoms with van der Waals surface area (Å²) in [5.41, 5.74) is 10.1. The maximum Gasteiger partial charge on any atom is 0.255 e. The lowest BCUT2D eigenvalue weighted by atomic mass is 10.1. The Hall–Kier alpha value is -5.13. The quantitative estimate of drug-likeness (QED) is 0.343. The summed E-state index contributed by atoms with van der Waals surface area (Å²) in [4.78, 5) is 37.8. The third-order valence-electron chi connectivity index (χ3n) is 7.41. The second-order valence-electron chi connectivity index (χ2n) is 10.2. The van der Waals surface area contributed by atoms with Gasteiger partial charge in [0.2, 0.25) is 12.7 Å². The number of nitrogens with one attached hydrogen (secondary N) is 1. The van der Waals surface area contributed by atoms with Gasteiger partial charge >= 0.3 is 0 Å². The van der Waals surface area contributed by atoms with Crippen molar-refractivity contribution in [1.29, 1.82) is 0 Å². The second kappa shape index (κ2) is 10.5. The molecule has 0 saturated carbocycles. The molecule has 2 aromatic heterocycles. The summed E-state index contributed by atoms with van der Waals surface area (Å²) in [6, 6.07) is 10.8. The van der Waals surface area contributed by atoms with Crippen LogP contribution in [0.3, 0.4) is 0 Å². The highest BCUT2D eigenvalue weighted by Gasteiger charge is 2.31. The number of piperidine rings is 1. The van der Waals surface area contributed by atoms with Crippen LogP contribution in [-0.2, 0) is 4.79 Å². The number of rotatable bonds is 6. The van der Waals surface area contributed by atoms with Gasteiger partial charge in [-0.05, 0) is 55.3 Å². The van der Waals surface area contributed by atoms with E-state index in [9.17, 15) is 9.59 Å². The third-order valence-corrected chi connectivity index (χ3v) is 7.41. The van der Waals surface area contributed by atoms with Crippen molar-refractivity contribution >= 4 is 40.0 Å². The molecule has 12 nitrogen and oxygen atoms in total. The van der Waals surface area contributed by atoms with Crippen LogP contribution in [0.2, 0.25) is 0 Å². The Morgan fingerprint density at radius 2 is 1.90 bits per heavy atom. The van der Waals surface area contributed by atoms with Gasteiger partial charge in [-0.25, -0.2) is 14.6 Å². The molecule has 1 fully saturated rings. The van der Waals surface area contributed by atoms with E-state index in [1.165, 1.54) is 12.4 Å². The van der Waals surface area contributed by atoms with Crippen molar-refractivity contribution in [2.75, 3.05) is 49.9 Å². The average Bonchev–Trinajstić information content (AvgIpc) is 3.64. The van der Waals surface area contributed by atoms with Crippen molar-refractivity contribution in [3.8, 4) is 22.8 Å². The molecule has 0 aliphatic carbocycles. The van der Waals surface area contributed by atoms with Gasteiger partial charge < -0.3 is 30.3 Å². The lowest BCUT2D eigenvalue weighted by molar-refractivity contribution is -0.127. The van der Waals surface area contributed by atoms with Crippen molar-refractivity contribution in [1.82, 2.24) is 24.6 Å². The molecule has 12 heteroatoms. The Morgan fingerprint density at radius 3 is 2.66 bits per heavy atom. The van der Waals surface area contributed by atoms with Gasteiger partial charge in [0.25, 0.3) is 5.91 Å². The molecule has 1 saturated heterocycles. The van der Waals surface area contributed by atoms with Crippen LogP contribution < -0.4 is 25.4 Å². The normalized spacial score (nSPS) is 16.0.